The van der Waals surface area contributed by atoms with Gasteiger partial charge in [-0.2, -0.15) is 0 Å². The van der Waals surface area contributed by atoms with Crippen molar-refractivity contribution < 1.29 is 9.31 Å². The van der Waals surface area contributed by atoms with Crippen LogP contribution in [0.1, 0.15) is 26.7 Å². The summed E-state index contributed by atoms with van der Waals surface area (Å²) in [5.41, 5.74) is 0.354. The molecule has 0 aliphatic carbocycles. The quantitative estimate of drug-likeness (QED) is 0.670. The maximum atomic E-state index is 13.3. The van der Waals surface area contributed by atoms with Gasteiger partial charge in [0.25, 0.3) is 5.69 Å². The fourth-order valence-corrected chi connectivity index (χ4v) is 2.82. The second-order valence-electron chi connectivity index (χ2n) is 5.83. The van der Waals surface area contributed by atoms with Crippen LogP contribution < -0.4 is 10.2 Å². The SMILES string of the molecule is CC(C)N(CC1CCNCC1)c1ccc(F)cc1[N+](=O)[O-]. The highest BCUT2D eigenvalue weighted by Gasteiger charge is 2.25. The number of hydrogen-bond acceptors (Lipinski definition) is 4. The van der Waals surface area contributed by atoms with Crippen molar-refractivity contribution in [1.82, 2.24) is 5.32 Å². The van der Waals surface area contributed by atoms with Crippen LogP contribution in [0, 0.1) is 21.8 Å². The van der Waals surface area contributed by atoms with Crippen LogP contribution in [0.2, 0.25) is 0 Å². The summed E-state index contributed by atoms with van der Waals surface area (Å²) in [7, 11) is 0. The van der Waals surface area contributed by atoms with E-state index in [0.717, 1.165) is 38.5 Å². The molecule has 21 heavy (non-hydrogen) atoms. The largest absolute Gasteiger partial charge is 0.363 e. The van der Waals surface area contributed by atoms with E-state index in [1.165, 1.54) is 12.1 Å². The first kappa shape index (κ1) is 15.7. The van der Waals surface area contributed by atoms with Crippen LogP contribution >= 0.6 is 0 Å². The summed E-state index contributed by atoms with van der Waals surface area (Å²) in [6, 6.07) is 3.95. The van der Waals surface area contributed by atoms with Crippen molar-refractivity contribution in [2.75, 3.05) is 24.5 Å². The third-order valence-electron chi connectivity index (χ3n) is 3.98. The molecule has 116 valence electrons. The van der Waals surface area contributed by atoms with E-state index < -0.39 is 10.7 Å². The van der Waals surface area contributed by atoms with Crippen molar-refractivity contribution in [3.05, 3.63) is 34.1 Å². The predicted octanol–water partition coefficient (Wildman–Crippen LogP) is 2.95. The Kier molecular flexibility index (Phi) is 5.12. The lowest BCUT2D eigenvalue weighted by molar-refractivity contribution is -0.384. The van der Waals surface area contributed by atoms with Gasteiger partial charge in [0, 0.05) is 12.6 Å². The summed E-state index contributed by atoms with van der Waals surface area (Å²) in [4.78, 5) is 12.7. The summed E-state index contributed by atoms with van der Waals surface area (Å²) >= 11 is 0. The normalized spacial score (nSPS) is 16.2. The van der Waals surface area contributed by atoms with Crippen molar-refractivity contribution in [2.24, 2.45) is 5.92 Å². The van der Waals surface area contributed by atoms with Crippen LogP contribution in [0.5, 0.6) is 0 Å². The van der Waals surface area contributed by atoms with Crippen LogP contribution in [-0.4, -0.2) is 30.6 Å². The van der Waals surface area contributed by atoms with Gasteiger partial charge in [0.15, 0.2) is 0 Å². The van der Waals surface area contributed by atoms with E-state index in [0.29, 0.717) is 11.6 Å². The minimum absolute atomic E-state index is 0.129. The zero-order chi connectivity index (χ0) is 15.4. The fraction of sp³-hybridized carbons (Fsp3) is 0.600. The molecule has 0 bridgehead atoms. The molecule has 1 aromatic rings. The Bertz CT molecular complexity index is 502. The van der Waals surface area contributed by atoms with Crippen LogP contribution in [-0.2, 0) is 0 Å². The monoisotopic (exact) mass is 295 g/mol. The number of anilines is 1. The maximum absolute atomic E-state index is 13.3. The molecule has 1 saturated heterocycles. The van der Waals surface area contributed by atoms with Gasteiger partial charge in [0.05, 0.1) is 11.0 Å². The highest BCUT2D eigenvalue weighted by molar-refractivity contribution is 5.63. The first-order chi connectivity index (χ1) is 9.99. The Morgan fingerprint density at radius 2 is 2.10 bits per heavy atom. The minimum Gasteiger partial charge on any atom is -0.363 e. The van der Waals surface area contributed by atoms with Crippen LogP contribution in [0.4, 0.5) is 15.8 Å². The number of halogens is 1. The lowest BCUT2D eigenvalue weighted by Crippen LogP contribution is -2.39. The third kappa shape index (κ3) is 3.91. The average Bonchev–Trinajstić information content (AvgIpc) is 2.46. The summed E-state index contributed by atoms with van der Waals surface area (Å²) in [5.74, 6) is -0.0608. The first-order valence-electron chi connectivity index (χ1n) is 7.40. The topological polar surface area (TPSA) is 58.4 Å². The van der Waals surface area contributed by atoms with E-state index in [1.807, 2.05) is 18.7 Å². The molecule has 0 amide bonds. The van der Waals surface area contributed by atoms with Crippen molar-refractivity contribution in [2.45, 2.75) is 32.7 Å². The molecule has 2 rings (SSSR count). The van der Waals surface area contributed by atoms with Crippen LogP contribution in [0.25, 0.3) is 0 Å². The summed E-state index contributed by atoms with van der Waals surface area (Å²) < 4.78 is 13.3. The zero-order valence-corrected chi connectivity index (χ0v) is 12.5. The smallest absolute Gasteiger partial charge is 0.295 e. The van der Waals surface area contributed by atoms with Gasteiger partial charge >= 0.3 is 0 Å². The van der Waals surface area contributed by atoms with Gasteiger partial charge in [-0.3, -0.25) is 10.1 Å². The Morgan fingerprint density at radius 3 is 2.67 bits per heavy atom. The third-order valence-corrected chi connectivity index (χ3v) is 3.98. The summed E-state index contributed by atoms with van der Waals surface area (Å²) in [6.07, 6.45) is 2.14. The molecule has 5 nitrogen and oxygen atoms in total. The van der Waals surface area contributed by atoms with Crippen LogP contribution in [0.15, 0.2) is 18.2 Å². The first-order valence-corrected chi connectivity index (χ1v) is 7.40. The molecule has 0 aromatic heterocycles. The van der Waals surface area contributed by atoms with Gasteiger partial charge in [-0.25, -0.2) is 4.39 Å². The molecule has 1 fully saturated rings. The molecule has 0 radical (unpaired) electrons. The van der Waals surface area contributed by atoms with Crippen molar-refractivity contribution in [3.63, 3.8) is 0 Å². The Hall–Kier alpha value is -1.69. The van der Waals surface area contributed by atoms with Gasteiger partial charge in [-0.1, -0.05) is 0 Å². The number of nitrogens with one attached hydrogen (secondary N) is 1. The van der Waals surface area contributed by atoms with E-state index >= 15 is 0 Å². The second-order valence-corrected chi connectivity index (χ2v) is 5.83. The van der Waals surface area contributed by atoms with E-state index in [-0.39, 0.29) is 11.7 Å². The Morgan fingerprint density at radius 1 is 1.43 bits per heavy atom. The molecular formula is C15H22FN3O2. The number of nitro benzene ring substituents is 1. The van der Waals surface area contributed by atoms with Gasteiger partial charge in [0.1, 0.15) is 11.5 Å². The summed E-state index contributed by atoms with van der Waals surface area (Å²) in [5, 5.41) is 14.5. The molecule has 0 unspecified atom stereocenters. The molecule has 1 aliphatic rings. The van der Waals surface area contributed by atoms with Crippen molar-refractivity contribution in [1.29, 1.82) is 0 Å². The number of nitro groups is 1. The van der Waals surface area contributed by atoms with E-state index in [4.69, 9.17) is 0 Å². The minimum atomic E-state index is -0.573. The van der Waals surface area contributed by atoms with Crippen molar-refractivity contribution in [3.8, 4) is 0 Å². The molecule has 6 heteroatoms. The molecule has 1 aromatic carbocycles. The number of piperidine rings is 1. The molecule has 0 saturated carbocycles. The Balaban J connectivity index is 2.27. The lowest BCUT2D eigenvalue weighted by atomic mass is 9.96. The summed E-state index contributed by atoms with van der Waals surface area (Å²) in [6.45, 7) is 6.76. The molecule has 1 heterocycles. The van der Waals surface area contributed by atoms with E-state index in [1.54, 1.807) is 0 Å². The molecule has 1 N–H and O–H groups in total. The van der Waals surface area contributed by atoms with Crippen molar-refractivity contribution >= 4 is 11.4 Å². The Labute approximate surface area is 124 Å². The van der Waals surface area contributed by atoms with Gasteiger partial charge in [-0.05, 0) is 57.8 Å². The number of benzene rings is 1. The second kappa shape index (κ2) is 6.85. The number of nitrogens with zero attached hydrogens (tertiary/aromatic N) is 2. The number of rotatable bonds is 5. The van der Waals surface area contributed by atoms with Gasteiger partial charge in [0.2, 0.25) is 0 Å². The highest BCUT2D eigenvalue weighted by atomic mass is 19.1. The van der Waals surface area contributed by atoms with E-state index in [2.05, 4.69) is 5.32 Å². The standard InChI is InChI=1S/C15H22FN3O2/c1-11(2)18(10-12-5-7-17-8-6-12)14-4-3-13(16)9-15(14)19(20)21/h3-4,9,11-12,17H,5-8,10H2,1-2H3. The van der Waals surface area contributed by atoms with Gasteiger partial charge < -0.3 is 10.2 Å². The number of hydrogen-bond donors (Lipinski definition) is 1. The highest BCUT2D eigenvalue weighted by Crippen LogP contribution is 2.31. The molecule has 0 spiro atoms. The van der Waals surface area contributed by atoms with Gasteiger partial charge in [-0.15, -0.1) is 0 Å². The zero-order valence-electron chi connectivity index (χ0n) is 12.5. The predicted molar refractivity (Wildman–Crippen MR) is 81.1 cm³/mol. The fourth-order valence-electron chi connectivity index (χ4n) is 2.82. The maximum Gasteiger partial charge on any atom is 0.295 e. The van der Waals surface area contributed by atoms with Crippen LogP contribution in [0.3, 0.4) is 0 Å². The molecular weight excluding hydrogens is 273 g/mol. The molecule has 1 aliphatic heterocycles. The van der Waals surface area contributed by atoms with E-state index in [9.17, 15) is 14.5 Å². The molecule has 0 atom stereocenters. The average molecular weight is 295 g/mol. The lowest BCUT2D eigenvalue weighted by Gasteiger charge is -2.34.